The lowest BCUT2D eigenvalue weighted by atomic mass is 9.99. The van der Waals surface area contributed by atoms with Crippen LogP contribution in [0, 0.1) is 6.92 Å². The van der Waals surface area contributed by atoms with Gasteiger partial charge in [-0.05, 0) is 37.0 Å². The van der Waals surface area contributed by atoms with Crippen LogP contribution in [0.15, 0.2) is 42.5 Å². The molecule has 3 heteroatoms. The van der Waals surface area contributed by atoms with Crippen LogP contribution in [0.5, 0.6) is 0 Å². The summed E-state index contributed by atoms with van der Waals surface area (Å²) in [6.45, 7) is 3.56. The Morgan fingerprint density at radius 1 is 1.24 bits per heavy atom. The van der Waals surface area contributed by atoms with E-state index in [9.17, 15) is 4.79 Å². The first-order chi connectivity index (χ1) is 10.2. The Hall–Kier alpha value is -2.29. The Bertz CT molecular complexity index is 664. The second-order valence-corrected chi connectivity index (χ2v) is 5.54. The van der Waals surface area contributed by atoms with E-state index in [0.717, 1.165) is 36.2 Å². The molecular weight excluding hydrogens is 260 g/mol. The van der Waals surface area contributed by atoms with E-state index in [0.29, 0.717) is 6.54 Å². The average Bonchev–Trinajstić information content (AvgIpc) is 2.52. The van der Waals surface area contributed by atoms with Gasteiger partial charge in [-0.15, -0.1) is 0 Å². The summed E-state index contributed by atoms with van der Waals surface area (Å²) >= 11 is 0. The van der Waals surface area contributed by atoms with Gasteiger partial charge < -0.3 is 10.6 Å². The molecule has 0 aromatic heterocycles. The Kier molecular flexibility index (Phi) is 3.91. The molecule has 1 heterocycles. The van der Waals surface area contributed by atoms with Gasteiger partial charge in [0.25, 0.3) is 5.91 Å². The summed E-state index contributed by atoms with van der Waals surface area (Å²) in [4.78, 5) is 12.4. The summed E-state index contributed by atoms with van der Waals surface area (Å²) in [6, 6.07) is 14.2. The zero-order chi connectivity index (χ0) is 14.7. The number of hydrogen-bond donors (Lipinski definition) is 2. The Morgan fingerprint density at radius 3 is 2.95 bits per heavy atom. The molecule has 1 aliphatic heterocycles. The van der Waals surface area contributed by atoms with Crippen LogP contribution < -0.4 is 10.6 Å². The highest BCUT2D eigenvalue weighted by Crippen LogP contribution is 2.25. The normalized spacial score (nSPS) is 13.2. The summed E-state index contributed by atoms with van der Waals surface area (Å²) < 4.78 is 0. The van der Waals surface area contributed by atoms with Crippen LogP contribution in [0.25, 0.3) is 0 Å². The number of aryl methyl sites for hydroxylation is 2. The minimum absolute atomic E-state index is 0.0113. The number of anilines is 1. The molecular formula is C18H20N2O. The highest BCUT2D eigenvalue weighted by atomic mass is 16.1. The molecule has 0 bridgehead atoms. The van der Waals surface area contributed by atoms with Crippen LogP contribution in [0.2, 0.25) is 0 Å². The van der Waals surface area contributed by atoms with Gasteiger partial charge >= 0.3 is 0 Å². The fraction of sp³-hybridized carbons (Fsp3) is 0.278. The number of fused-ring (bicyclic) bond motifs is 1. The second kappa shape index (κ2) is 6.00. The fourth-order valence-corrected chi connectivity index (χ4v) is 2.80. The lowest BCUT2D eigenvalue weighted by Gasteiger charge is -2.20. The van der Waals surface area contributed by atoms with Gasteiger partial charge in [-0.3, -0.25) is 4.79 Å². The highest BCUT2D eigenvalue weighted by Gasteiger charge is 2.16. The molecule has 0 aliphatic carbocycles. The van der Waals surface area contributed by atoms with Gasteiger partial charge in [-0.2, -0.15) is 0 Å². The van der Waals surface area contributed by atoms with E-state index in [1.807, 2.05) is 24.3 Å². The van der Waals surface area contributed by atoms with Crippen molar-refractivity contribution < 1.29 is 4.79 Å². The molecule has 21 heavy (non-hydrogen) atoms. The SMILES string of the molecule is Cc1cccc(CNC(=O)c2cccc3c2NCCC3)c1. The van der Waals surface area contributed by atoms with Crippen molar-refractivity contribution in [1.29, 1.82) is 0 Å². The topological polar surface area (TPSA) is 41.1 Å². The quantitative estimate of drug-likeness (QED) is 0.906. The zero-order valence-corrected chi connectivity index (χ0v) is 12.3. The van der Waals surface area contributed by atoms with E-state index in [2.05, 4.69) is 35.8 Å². The van der Waals surface area contributed by atoms with Crippen molar-refractivity contribution in [3.05, 3.63) is 64.7 Å². The van der Waals surface area contributed by atoms with Crippen LogP contribution in [0.3, 0.4) is 0 Å². The van der Waals surface area contributed by atoms with E-state index in [1.54, 1.807) is 0 Å². The van der Waals surface area contributed by atoms with Crippen molar-refractivity contribution in [3.63, 3.8) is 0 Å². The number of rotatable bonds is 3. The summed E-state index contributed by atoms with van der Waals surface area (Å²) in [6.07, 6.45) is 2.17. The van der Waals surface area contributed by atoms with E-state index >= 15 is 0 Å². The first-order valence-electron chi connectivity index (χ1n) is 7.43. The Morgan fingerprint density at radius 2 is 2.10 bits per heavy atom. The van der Waals surface area contributed by atoms with Crippen molar-refractivity contribution in [2.45, 2.75) is 26.3 Å². The van der Waals surface area contributed by atoms with Gasteiger partial charge in [0.15, 0.2) is 0 Å². The molecule has 0 saturated heterocycles. The molecule has 108 valence electrons. The van der Waals surface area contributed by atoms with Crippen LogP contribution >= 0.6 is 0 Å². The van der Waals surface area contributed by atoms with Gasteiger partial charge in [-0.1, -0.05) is 42.0 Å². The standard InChI is InChI=1S/C18H20N2O/c1-13-5-2-6-14(11-13)12-20-18(21)16-9-3-7-15-8-4-10-19-17(15)16/h2-3,5-7,9,11,19H,4,8,10,12H2,1H3,(H,20,21). The van der Waals surface area contributed by atoms with Gasteiger partial charge in [0.05, 0.1) is 11.3 Å². The van der Waals surface area contributed by atoms with Crippen LogP contribution in [0.1, 0.15) is 33.5 Å². The van der Waals surface area contributed by atoms with Gasteiger partial charge in [0.1, 0.15) is 0 Å². The maximum atomic E-state index is 12.4. The third-order valence-electron chi connectivity index (χ3n) is 3.86. The summed E-state index contributed by atoms with van der Waals surface area (Å²) in [5.74, 6) is -0.0113. The van der Waals surface area contributed by atoms with Crippen molar-refractivity contribution in [2.75, 3.05) is 11.9 Å². The summed E-state index contributed by atoms with van der Waals surface area (Å²) in [5.41, 5.74) is 5.33. The zero-order valence-electron chi connectivity index (χ0n) is 12.3. The van der Waals surface area contributed by atoms with Crippen LogP contribution in [-0.2, 0) is 13.0 Å². The lowest BCUT2D eigenvalue weighted by molar-refractivity contribution is 0.0951. The van der Waals surface area contributed by atoms with Crippen molar-refractivity contribution in [1.82, 2.24) is 5.32 Å². The molecule has 0 spiro atoms. The lowest BCUT2D eigenvalue weighted by Crippen LogP contribution is -2.25. The number of nitrogens with one attached hydrogen (secondary N) is 2. The third kappa shape index (κ3) is 3.07. The number of amides is 1. The molecule has 2 aromatic carbocycles. The fourth-order valence-electron chi connectivity index (χ4n) is 2.80. The molecule has 0 unspecified atom stereocenters. The van der Waals surface area contributed by atoms with Crippen molar-refractivity contribution >= 4 is 11.6 Å². The predicted molar refractivity (Wildman–Crippen MR) is 85.6 cm³/mol. The first kappa shape index (κ1) is 13.7. The molecule has 3 rings (SSSR count). The molecule has 0 saturated carbocycles. The summed E-state index contributed by atoms with van der Waals surface area (Å²) in [5, 5.41) is 6.37. The van der Waals surface area contributed by atoms with Crippen LogP contribution in [0.4, 0.5) is 5.69 Å². The van der Waals surface area contributed by atoms with E-state index < -0.39 is 0 Å². The maximum Gasteiger partial charge on any atom is 0.253 e. The molecule has 1 amide bonds. The van der Waals surface area contributed by atoms with Crippen LogP contribution in [-0.4, -0.2) is 12.5 Å². The van der Waals surface area contributed by atoms with Gasteiger partial charge in [0.2, 0.25) is 0 Å². The largest absolute Gasteiger partial charge is 0.384 e. The smallest absolute Gasteiger partial charge is 0.253 e. The van der Waals surface area contributed by atoms with E-state index in [4.69, 9.17) is 0 Å². The molecule has 1 aliphatic rings. The number of benzene rings is 2. The molecule has 3 nitrogen and oxygen atoms in total. The van der Waals surface area contributed by atoms with Crippen molar-refractivity contribution in [3.8, 4) is 0 Å². The average molecular weight is 280 g/mol. The highest BCUT2D eigenvalue weighted by molar-refractivity contribution is 6.00. The number of carbonyl (C=O) groups excluding carboxylic acids is 1. The second-order valence-electron chi connectivity index (χ2n) is 5.54. The molecule has 2 aromatic rings. The molecule has 0 fully saturated rings. The number of carbonyl (C=O) groups is 1. The monoisotopic (exact) mass is 280 g/mol. The third-order valence-corrected chi connectivity index (χ3v) is 3.86. The minimum Gasteiger partial charge on any atom is -0.384 e. The molecule has 0 radical (unpaired) electrons. The predicted octanol–water partition coefficient (Wildman–Crippen LogP) is 3.28. The Labute approximate surface area is 125 Å². The molecule has 2 N–H and O–H groups in total. The van der Waals surface area contributed by atoms with E-state index in [1.165, 1.54) is 11.1 Å². The van der Waals surface area contributed by atoms with Gasteiger partial charge in [0, 0.05) is 13.1 Å². The van der Waals surface area contributed by atoms with Crippen molar-refractivity contribution in [2.24, 2.45) is 0 Å². The molecule has 0 atom stereocenters. The number of hydrogen-bond acceptors (Lipinski definition) is 2. The minimum atomic E-state index is -0.0113. The summed E-state index contributed by atoms with van der Waals surface area (Å²) in [7, 11) is 0. The maximum absolute atomic E-state index is 12.4. The Balaban J connectivity index is 1.74. The first-order valence-corrected chi connectivity index (χ1v) is 7.43. The van der Waals surface area contributed by atoms with Gasteiger partial charge in [-0.25, -0.2) is 0 Å². The number of para-hydroxylation sites is 1. The van der Waals surface area contributed by atoms with E-state index in [-0.39, 0.29) is 5.91 Å².